The highest BCUT2D eigenvalue weighted by Gasteiger charge is 2.62. The maximum absolute atomic E-state index is 6.87. The van der Waals surface area contributed by atoms with E-state index in [1.54, 1.807) is 0 Å². The number of nitrogens with one attached hydrogen (secondary N) is 1. The minimum absolute atomic E-state index is 0.412. The van der Waals surface area contributed by atoms with Gasteiger partial charge in [0.05, 0.1) is 12.2 Å². The molecule has 5 nitrogen and oxygen atoms in total. The molecule has 0 amide bonds. The van der Waals surface area contributed by atoms with Crippen LogP contribution in [0.25, 0.3) is 0 Å². The third-order valence-electron chi connectivity index (χ3n) is 15.1. The van der Waals surface area contributed by atoms with Crippen molar-refractivity contribution >= 4 is 0 Å². The van der Waals surface area contributed by atoms with E-state index < -0.39 is 0 Å². The van der Waals surface area contributed by atoms with Crippen LogP contribution in [0.15, 0.2) is 0 Å². The zero-order chi connectivity index (χ0) is 35.5. The summed E-state index contributed by atoms with van der Waals surface area (Å²) in [5.41, 5.74) is 12.7. The second kappa shape index (κ2) is 23.6. The molecule has 4 fully saturated rings. The summed E-state index contributed by atoms with van der Waals surface area (Å²) in [6, 6.07) is 0. The second-order valence-corrected chi connectivity index (χ2v) is 18.4. The van der Waals surface area contributed by atoms with Crippen molar-refractivity contribution in [1.29, 1.82) is 0 Å². The van der Waals surface area contributed by atoms with E-state index >= 15 is 0 Å². The van der Waals surface area contributed by atoms with Crippen molar-refractivity contribution in [3.8, 4) is 0 Å². The van der Waals surface area contributed by atoms with Crippen LogP contribution in [0.2, 0.25) is 0 Å². The molecular formula is C45H87N3O2. The third kappa shape index (κ3) is 12.4. The molecule has 294 valence electrons. The first-order valence-electron chi connectivity index (χ1n) is 22.8. The maximum Gasteiger partial charge on any atom is 0.0611 e. The molecule has 50 heavy (non-hydrogen) atoms. The lowest BCUT2D eigenvalue weighted by molar-refractivity contribution is -0.190. The molecule has 0 radical (unpaired) electrons. The van der Waals surface area contributed by atoms with Crippen molar-refractivity contribution in [3.05, 3.63) is 0 Å². The molecule has 0 spiro atoms. The van der Waals surface area contributed by atoms with Crippen molar-refractivity contribution in [1.82, 2.24) is 5.32 Å². The van der Waals surface area contributed by atoms with Gasteiger partial charge in [-0.3, -0.25) is 0 Å². The van der Waals surface area contributed by atoms with Gasteiger partial charge in [-0.2, -0.15) is 0 Å². The molecule has 5 heteroatoms. The van der Waals surface area contributed by atoms with Gasteiger partial charge in [0.15, 0.2) is 0 Å². The van der Waals surface area contributed by atoms with Gasteiger partial charge in [0.25, 0.3) is 0 Å². The molecule has 2 unspecified atom stereocenters. The largest absolute Gasteiger partial charge is 0.378 e. The molecule has 0 bridgehead atoms. The van der Waals surface area contributed by atoms with Gasteiger partial charge in [0.2, 0.25) is 0 Å². The third-order valence-corrected chi connectivity index (χ3v) is 15.1. The Bertz CT molecular complexity index is 871. The molecule has 0 aromatic carbocycles. The highest BCUT2D eigenvalue weighted by atomic mass is 16.5. The molecule has 0 aromatic rings. The van der Waals surface area contributed by atoms with E-state index in [2.05, 4.69) is 26.1 Å². The summed E-state index contributed by atoms with van der Waals surface area (Å²) in [6.45, 7) is 13.3. The SMILES string of the molecule is CCCCCCCCCCCCCCCCNCCCC[C@H]1CCC2[C@H]3C(CC[C@@]21C)[C@@]1(C)CC[C@@H](OCCCN)C[C@H]1C[C@H]3OCCCN. The van der Waals surface area contributed by atoms with E-state index in [-0.39, 0.29) is 0 Å². The van der Waals surface area contributed by atoms with Gasteiger partial charge >= 0.3 is 0 Å². The molecule has 4 aliphatic carbocycles. The Balaban J connectivity index is 1.11. The maximum atomic E-state index is 6.87. The van der Waals surface area contributed by atoms with Crippen molar-refractivity contribution in [2.24, 2.45) is 51.9 Å². The van der Waals surface area contributed by atoms with Crippen LogP contribution in [0, 0.1) is 40.4 Å². The van der Waals surface area contributed by atoms with Crippen LogP contribution in [0.3, 0.4) is 0 Å². The molecule has 0 heterocycles. The summed E-state index contributed by atoms with van der Waals surface area (Å²) in [6.07, 6.45) is 37.9. The highest BCUT2D eigenvalue weighted by molar-refractivity contribution is 5.11. The molecule has 0 aromatic heterocycles. The summed E-state index contributed by atoms with van der Waals surface area (Å²) in [4.78, 5) is 0. The Kier molecular flexibility index (Phi) is 20.0. The van der Waals surface area contributed by atoms with Gasteiger partial charge in [-0.05, 0) is 150 Å². The quantitative estimate of drug-likeness (QED) is 0.0707. The van der Waals surface area contributed by atoms with Crippen LogP contribution in [0.4, 0.5) is 0 Å². The van der Waals surface area contributed by atoms with E-state index in [4.69, 9.17) is 20.9 Å². The lowest BCUT2D eigenvalue weighted by Gasteiger charge is -2.63. The summed E-state index contributed by atoms with van der Waals surface area (Å²) in [5.74, 6) is 4.01. The lowest BCUT2D eigenvalue weighted by atomic mass is 9.44. The number of hydrogen-bond donors (Lipinski definition) is 3. The number of hydrogen-bond acceptors (Lipinski definition) is 5. The normalized spacial score (nSPS) is 33.7. The molecule has 4 aliphatic rings. The topological polar surface area (TPSA) is 82.5 Å². The first-order chi connectivity index (χ1) is 24.5. The monoisotopic (exact) mass is 702 g/mol. The average Bonchev–Trinajstić information content (AvgIpc) is 3.45. The predicted molar refractivity (Wildman–Crippen MR) is 214 cm³/mol. The predicted octanol–water partition coefficient (Wildman–Crippen LogP) is 11.0. The van der Waals surface area contributed by atoms with Crippen molar-refractivity contribution in [2.45, 2.75) is 206 Å². The summed E-state index contributed by atoms with van der Waals surface area (Å²) in [7, 11) is 0. The van der Waals surface area contributed by atoms with Gasteiger partial charge in [-0.1, -0.05) is 111 Å². The van der Waals surface area contributed by atoms with Crippen LogP contribution in [-0.2, 0) is 9.47 Å². The Morgan fingerprint density at radius 3 is 1.78 bits per heavy atom. The molecule has 4 saturated carbocycles. The summed E-state index contributed by atoms with van der Waals surface area (Å²) >= 11 is 0. The molecule has 0 aliphatic heterocycles. The smallest absolute Gasteiger partial charge is 0.0611 e. The fraction of sp³-hybridized carbons (Fsp3) is 1.00. The molecule has 9 atom stereocenters. The zero-order valence-corrected chi connectivity index (χ0v) is 33.8. The van der Waals surface area contributed by atoms with Gasteiger partial charge in [0.1, 0.15) is 0 Å². The number of nitrogens with two attached hydrogens (primary N) is 2. The van der Waals surface area contributed by atoms with Gasteiger partial charge in [0, 0.05) is 13.2 Å². The summed E-state index contributed by atoms with van der Waals surface area (Å²) in [5, 5.41) is 3.80. The Morgan fingerprint density at radius 2 is 1.14 bits per heavy atom. The molecule has 4 rings (SSSR count). The van der Waals surface area contributed by atoms with Crippen LogP contribution < -0.4 is 16.8 Å². The first-order valence-corrected chi connectivity index (χ1v) is 22.8. The van der Waals surface area contributed by atoms with Crippen LogP contribution in [0.5, 0.6) is 0 Å². The zero-order valence-electron chi connectivity index (χ0n) is 33.8. The standard InChI is InChI=1S/C45H87N3O2/c1-4-5-6-7-8-9-10-11-12-13-14-15-16-18-31-48-32-19-17-22-37-23-24-40-43-41(26-28-44(37,40)2)45(3)27-25-39(49-33-20-29-46)35-38(45)36-42(43)50-34-21-30-47/h37-43,48H,4-36,46-47H2,1-3H3/t37-,38-,39+,40?,41?,42+,43-,44+,45-/m0/s1. The molecule has 5 N–H and O–H groups in total. The fourth-order valence-corrected chi connectivity index (χ4v) is 11.9. The molecular weight excluding hydrogens is 615 g/mol. The minimum Gasteiger partial charge on any atom is -0.378 e. The average molecular weight is 702 g/mol. The fourth-order valence-electron chi connectivity index (χ4n) is 11.9. The Morgan fingerprint density at radius 1 is 0.580 bits per heavy atom. The van der Waals surface area contributed by atoms with Crippen molar-refractivity contribution in [2.75, 3.05) is 39.4 Å². The van der Waals surface area contributed by atoms with Crippen molar-refractivity contribution < 1.29 is 9.47 Å². The van der Waals surface area contributed by atoms with E-state index in [0.29, 0.717) is 23.0 Å². The Hall–Kier alpha value is -0.200. The van der Waals surface area contributed by atoms with Crippen LogP contribution in [-0.4, -0.2) is 51.6 Å². The molecule has 0 saturated heterocycles. The van der Waals surface area contributed by atoms with E-state index in [1.165, 1.54) is 174 Å². The van der Waals surface area contributed by atoms with Crippen molar-refractivity contribution in [3.63, 3.8) is 0 Å². The van der Waals surface area contributed by atoms with Gasteiger partial charge in [-0.25, -0.2) is 0 Å². The van der Waals surface area contributed by atoms with Gasteiger partial charge < -0.3 is 26.3 Å². The summed E-state index contributed by atoms with van der Waals surface area (Å²) < 4.78 is 13.2. The minimum atomic E-state index is 0.412. The Labute approximate surface area is 311 Å². The lowest BCUT2D eigenvalue weighted by Crippen LogP contribution is -2.59. The number of rotatable bonds is 28. The van der Waals surface area contributed by atoms with E-state index in [1.807, 2.05) is 0 Å². The highest BCUT2D eigenvalue weighted by Crippen LogP contribution is 2.68. The number of fused-ring (bicyclic) bond motifs is 5. The number of ether oxygens (including phenoxy) is 2. The van der Waals surface area contributed by atoms with Crippen LogP contribution >= 0.6 is 0 Å². The first kappa shape index (κ1) is 42.5. The van der Waals surface area contributed by atoms with E-state index in [0.717, 1.165) is 68.7 Å². The number of unbranched alkanes of at least 4 members (excludes halogenated alkanes) is 14. The van der Waals surface area contributed by atoms with E-state index in [9.17, 15) is 0 Å². The van der Waals surface area contributed by atoms with Gasteiger partial charge in [-0.15, -0.1) is 0 Å². The van der Waals surface area contributed by atoms with Crippen LogP contribution in [0.1, 0.15) is 194 Å². The second-order valence-electron chi connectivity index (χ2n) is 18.4.